The van der Waals surface area contributed by atoms with Crippen molar-refractivity contribution in [1.82, 2.24) is 4.98 Å². The molecule has 1 aliphatic carbocycles. The molecule has 1 saturated heterocycles. The van der Waals surface area contributed by atoms with Gasteiger partial charge >= 0.3 is 12.0 Å². The number of rotatable bonds is 9. The maximum absolute atomic E-state index is 13.7. The predicted octanol–water partition coefficient (Wildman–Crippen LogP) is 4.51. The highest BCUT2D eigenvalue weighted by molar-refractivity contribution is 5.93. The summed E-state index contributed by atoms with van der Waals surface area (Å²) in [7, 11) is 4.08. The molecule has 1 amide bonds. The number of carbonyl (C=O) groups excluding carboxylic acids is 2. The number of anilines is 3. The zero-order chi connectivity index (χ0) is 27.9. The Labute approximate surface area is 231 Å². The molecule has 0 unspecified atom stereocenters. The Morgan fingerprint density at radius 2 is 1.77 bits per heavy atom. The number of ether oxygens (including phenoxy) is 1. The lowest BCUT2D eigenvalue weighted by Gasteiger charge is -2.36. The van der Waals surface area contributed by atoms with Gasteiger partial charge in [-0.2, -0.15) is 0 Å². The number of aromatic nitrogens is 1. The molecule has 1 aliphatic heterocycles. The maximum atomic E-state index is 13.7. The Morgan fingerprint density at radius 3 is 2.38 bits per heavy atom. The van der Waals surface area contributed by atoms with E-state index in [0.29, 0.717) is 43.9 Å². The molecule has 2 aromatic rings. The highest BCUT2D eigenvalue weighted by Crippen LogP contribution is 2.31. The van der Waals surface area contributed by atoms with Crippen LogP contribution in [-0.2, 0) is 14.3 Å². The molecule has 2 heterocycles. The topological polar surface area (TPSA) is 99.4 Å². The smallest absolute Gasteiger partial charge is 0.331 e. The van der Waals surface area contributed by atoms with Crippen LogP contribution < -0.4 is 14.7 Å². The maximum Gasteiger partial charge on any atom is 0.331 e. The van der Waals surface area contributed by atoms with E-state index in [4.69, 9.17) is 9.15 Å². The van der Waals surface area contributed by atoms with Gasteiger partial charge in [0.05, 0.1) is 18.4 Å². The fraction of sp³-hybridized carbons (Fsp3) is 0.567. The monoisotopic (exact) mass is 538 g/mol. The normalized spacial score (nSPS) is 20.4. The fourth-order valence-corrected chi connectivity index (χ4v) is 5.30. The van der Waals surface area contributed by atoms with Gasteiger partial charge < -0.3 is 24.1 Å². The van der Waals surface area contributed by atoms with Gasteiger partial charge in [0.2, 0.25) is 5.91 Å². The average molecular weight is 539 g/mol. The summed E-state index contributed by atoms with van der Waals surface area (Å²) in [5.41, 5.74) is 2.39. The van der Waals surface area contributed by atoms with E-state index in [-0.39, 0.29) is 30.0 Å². The number of piperidine rings is 1. The van der Waals surface area contributed by atoms with Crippen molar-refractivity contribution in [2.75, 3.05) is 48.4 Å². The van der Waals surface area contributed by atoms with Crippen LogP contribution in [0.3, 0.4) is 0 Å². The van der Waals surface area contributed by atoms with Crippen molar-refractivity contribution >= 4 is 35.3 Å². The fourth-order valence-electron chi connectivity index (χ4n) is 5.30. The molecular formula is C30H42N4O5. The Bertz CT molecular complexity index is 1110. The zero-order valence-corrected chi connectivity index (χ0v) is 23.6. The first kappa shape index (κ1) is 28.7. The molecule has 2 fully saturated rings. The minimum atomic E-state index is -0.459. The van der Waals surface area contributed by atoms with Crippen LogP contribution in [0.15, 0.2) is 41.0 Å². The van der Waals surface area contributed by atoms with Gasteiger partial charge in [-0.1, -0.05) is 0 Å². The molecule has 1 saturated carbocycles. The number of aliphatic hydroxyl groups excluding tert-OH is 1. The first-order chi connectivity index (χ1) is 18.7. The number of hydrogen-bond acceptors (Lipinski definition) is 8. The summed E-state index contributed by atoms with van der Waals surface area (Å²) in [6.45, 7) is 5.95. The Kier molecular flexibility index (Phi) is 9.67. The second kappa shape index (κ2) is 13.2. The van der Waals surface area contributed by atoms with Crippen molar-refractivity contribution in [2.24, 2.45) is 11.8 Å². The molecule has 4 rings (SSSR count). The lowest BCUT2D eigenvalue weighted by Crippen LogP contribution is -2.44. The van der Waals surface area contributed by atoms with Crippen LogP contribution in [-0.4, -0.2) is 67.9 Å². The Hall–Kier alpha value is -3.33. The van der Waals surface area contributed by atoms with E-state index in [9.17, 15) is 14.7 Å². The number of esters is 1. The largest absolute Gasteiger partial charge is 0.460 e. The molecule has 0 radical (unpaired) electrons. The zero-order valence-electron chi connectivity index (χ0n) is 23.6. The van der Waals surface area contributed by atoms with Crippen molar-refractivity contribution in [3.8, 4) is 0 Å². The van der Waals surface area contributed by atoms with E-state index >= 15 is 0 Å². The van der Waals surface area contributed by atoms with Gasteiger partial charge in [0.15, 0.2) is 0 Å². The second-order valence-electron chi connectivity index (χ2n) is 11.2. The molecule has 1 aromatic carbocycles. The summed E-state index contributed by atoms with van der Waals surface area (Å²) in [6.07, 6.45) is 8.30. The lowest BCUT2D eigenvalue weighted by atomic mass is 9.86. The summed E-state index contributed by atoms with van der Waals surface area (Å²) in [6, 6.07) is 8.87. The van der Waals surface area contributed by atoms with E-state index in [1.807, 2.05) is 14.1 Å². The van der Waals surface area contributed by atoms with E-state index in [1.54, 1.807) is 18.7 Å². The average Bonchev–Trinajstić information content (AvgIpc) is 3.39. The number of carbonyl (C=O) groups is 2. The van der Waals surface area contributed by atoms with Crippen LogP contribution in [0.2, 0.25) is 0 Å². The molecule has 2 aliphatic rings. The van der Waals surface area contributed by atoms with Gasteiger partial charge in [0.25, 0.3) is 0 Å². The quantitative estimate of drug-likeness (QED) is 0.368. The predicted molar refractivity (Wildman–Crippen MR) is 153 cm³/mol. The molecule has 1 N–H and O–H groups in total. The third-order valence-corrected chi connectivity index (χ3v) is 7.58. The lowest BCUT2D eigenvalue weighted by molar-refractivity contribution is -0.141. The molecule has 0 atom stereocenters. The van der Waals surface area contributed by atoms with Crippen molar-refractivity contribution in [1.29, 1.82) is 0 Å². The molecule has 9 nitrogen and oxygen atoms in total. The molecule has 1 aromatic heterocycles. The third kappa shape index (κ3) is 7.85. The molecule has 212 valence electrons. The molecule has 9 heteroatoms. The number of amides is 1. The standard InChI is InChI=1S/C30H42N4O5/c1-21(2)38-28(36)14-13-27-19-31-30(39-27)34(29(37)23-5-11-26(35)12-6-23)20-22-15-17-33(18-16-22)25-9-7-24(8-10-25)32(3)4/h7-10,13-14,19,21-23,26,35H,5-6,11-12,15-18,20H2,1-4H3/b14-13+. The highest BCUT2D eigenvalue weighted by Gasteiger charge is 2.33. The summed E-state index contributed by atoms with van der Waals surface area (Å²) in [5.74, 6) is 0.0847. The van der Waals surface area contributed by atoms with Crippen molar-refractivity contribution in [3.05, 3.63) is 42.3 Å². The number of aliphatic hydroxyl groups is 1. The van der Waals surface area contributed by atoms with Gasteiger partial charge in [-0.25, -0.2) is 9.78 Å². The third-order valence-electron chi connectivity index (χ3n) is 7.58. The van der Waals surface area contributed by atoms with Crippen LogP contribution in [0.5, 0.6) is 0 Å². The summed E-state index contributed by atoms with van der Waals surface area (Å²) < 4.78 is 11.1. The van der Waals surface area contributed by atoms with Gasteiger partial charge in [0, 0.05) is 57.1 Å². The van der Waals surface area contributed by atoms with Crippen LogP contribution in [0.25, 0.3) is 6.08 Å². The van der Waals surface area contributed by atoms with Crippen molar-refractivity contribution in [2.45, 2.75) is 64.6 Å². The van der Waals surface area contributed by atoms with Crippen molar-refractivity contribution in [3.63, 3.8) is 0 Å². The van der Waals surface area contributed by atoms with E-state index < -0.39 is 5.97 Å². The number of nitrogens with zero attached hydrogens (tertiary/aromatic N) is 4. The SMILES string of the molecule is CC(C)OC(=O)/C=C/c1cnc(N(CC2CCN(c3ccc(N(C)C)cc3)CC2)C(=O)C2CCC(O)CC2)o1. The minimum absolute atomic E-state index is 0.000186. The number of benzene rings is 1. The molecular weight excluding hydrogens is 496 g/mol. The Morgan fingerprint density at radius 1 is 1.10 bits per heavy atom. The summed E-state index contributed by atoms with van der Waals surface area (Å²) >= 11 is 0. The first-order valence-corrected chi connectivity index (χ1v) is 14.1. The van der Waals surface area contributed by atoms with Gasteiger partial charge in [0.1, 0.15) is 5.76 Å². The van der Waals surface area contributed by atoms with E-state index in [2.05, 4.69) is 39.0 Å². The molecule has 0 spiro atoms. The summed E-state index contributed by atoms with van der Waals surface area (Å²) in [5, 5.41) is 9.94. The summed E-state index contributed by atoms with van der Waals surface area (Å²) in [4.78, 5) is 36.2. The van der Waals surface area contributed by atoms with E-state index in [0.717, 1.165) is 25.9 Å². The van der Waals surface area contributed by atoms with Crippen LogP contribution in [0.4, 0.5) is 17.4 Å². The van der Waals surface area contributed by atoms with Crippen LogP contribution >= 0.6 is 0 Å². The van der Waals surface area contributed by atoms with Crippen LogP contribution in [0.1, 0.15) is 58.1 Å². The van der Waals surface area contributed by atoms with Gasteiger partial charge in [-0.15, -0.1) is 0 Å². The minimum Gasteiger partial charge on any atom is -0.460 e. The van der Waals surface area contributed by atoms with Gasteiger partial charge in [-0.05, 0) is 88.6 Å². The second-order valence-corrected chi connectivity index (χ2v) is 11.2. The van der Waals surface area contributed by atoms with E-state index in [1.165, 1.54) is 29.7 Å². The first-order valence-electron chi connectivity index (χ1n) is 14.1. The highest BCUT2D eigenvalue weighted by atomic mass is 16.5. The van der Waals surface area contributed by atoms with Gasteiger partial charge in [-0.3, -0.25) is 9.69 Å². The molecule has 39 heavy (non-hydrogen) atoms. The Balaban J connectivity index is 1.43. The van der Waals surface area contributed by atoms with Crippen molar-refractivity contribution < 1.29 is 23.8 Å². The number of oxazole rings is 1. The number of hydrogen-bond donors (Lipinski definition) is 1. The molecule has 0 bridgehead atoms. The van der Waals surface area contributed by atoms with Crippen LogP contribution in [0, 0.1) is 11.8 Å².